The van der Waals surface area contributed by atoms with Gasteiger partial charge in [-0.15, -0.1) is 0 Å². The Morgan fingerprint density at radius 1 is 0.844 bits per heavy atom. The van der Waals surface area contributed by atoms with Crippen LogP contribution in [-0.2, 0) is 12.8 Å². The molecule has 0 aliphatic heterocycles. The number of benzene rings is 3. The summed E-state index contributed by atoms with van der Waals surface area (Å²) in [5.74, 6) is 1.53. The summed E-state index contributed by atoms with van der Waals surface area (Å²) in [6.07, 6.45) is 0. The van der Waals surface area contributed by atoms with Crippen LogP contribution in [0.1, 0.15) is 5.82 Å². The second-order valence-electron chi connectivity index (χ2n) is 7.29. The monoisotopic (exact) mass is 455 g/mol. The highest BCUT2D eigenvalue weighted by Crippen LogP contribution is 2.38. The Balaban J connectivity index is 1.71. The molecule has 5 nitrogen and oxygen atoms in total. The Morgan fingerprint density at radius 2 is 1.44 bits per heavy atom. The summed E-state index contributed by atoms with van der Waals surface area (Å²) in [6, 6.07) is 31.1. The molecule has 2 aromatic heterocycles. The smallest absolute Gasteiger partial charge is 0.194 e. The summed E-state index contributed by atoms with van der Waals surface area (Å²) >= 11 is 6.92. The van der Waals surface area contributed by atoms with Gasteiger partial charge in [-0.25, -0.2) is 4.98 Å². The first-order valence-corrected chi connectivity index (χ1v) is 11.6. The van der Waals surface area contributed by atoms with Crippen LogP contribution in [0.25, 0.3) is 28.2 Å². The Hall–Kier alpha value is -3.42. The van der Waals surface area contributed by atoms with Crippen molar-refractivity contribution in [1.82, 2.24) is 24.3 Å². The maximum absolute atomic E-state index is 5.27. The molecule has 3 aromatic carbocycles. The zero-order valence-corrected chi connectivity index (χ0v) is 19.1. The molecule has 0 saturated heterocycles. The first-order valence-electron chi connectivity index (χ1n) is 10.2. The molecular formula is C25H21N5S2. The minimum absolute atomic E-state index is 0.613. The van der Waals surface area contributed by atoms with Crippen LogP contribution in [0.2, 0.25) is 0 Å². The lowest BCUT2D eigenvalue weighted by Crippen LogP contribution is -2.01. The highest BCUT2D eigenvalue weighted by molar-refractivity contribution is 7.98. The van der Waals surface area contributed by atoms with Crippen LogP contribution in [0.4, 0.5) is 0 Å². The van der Waals surface area contributed by atoms with E-state index < -0.39 is 0 Å². The van der Waals surface area contributed by atoms with Gasteiger partial charge in [0.25, 0.3) is 0 Å². The van der Waals surface area contributed by atoms with Crippen molar-refractivity contribution in [2.75, 3.05) is 0 Å². The molecular weight excluding hydrogens is 434 g/mol. The third-order valence-corrected chi connectivity index (χ3v) is 6.56. The topological polar surface area (TPSA) is 51.4 Å². The van der Waals surface area contributed by atoms with E-state index in [0.29, 0.717) is 10.5 Å². The van der Waals surface area contributed by atoms with Gasteiger partial charge in [-0.1, -0.05) is 90.6 Å². The summed E-state index contributed by atoms with van der Waals surface area (Å²) in [7, 11) is 1.93. The fourth-order valence-corrected chi connectivity index (χ4v) is 4.76. The molecule has 0 atom stereocenters. The van der Waals surface area contributed by atoms with Crippen LogP contribution >= 0.6 is 24.0 Å². The third kappa shape index (κ3) is 3.92. The molecule has 0 unspecified atom stereocenters. The summed E-state index contributed by atoms with van der Waals surface area (Å²) in [6.45, 7) is 0. The number of para-hydroxylation sites is 1. The molecule has 158 valence electrons. The number of hydrogen-bond donors (Lipinski definition) is 1. The van der Waals surface area contributed by atoms with Gasteiger partial charge in [0.1, 0.15) is 5.82 Å². The highest BCUT2D eigenvalue weighted by atomic mass is 32.2. The van der Waals surface area contributed by atoms with E-state index in [4.69, 9.17) is 17.2 Å². The minimum atomic E-state index is 0.613. The van der Waals surface area contributed by atoms with Gasteiger partial charge >= 0.3 is 0 Å². The lowest BCUT2D eigenvalue weighted by Gasteiger charge is -2.13. The van der Waals surface area contributed by atoms with Crippen molar-refractivity contribution in [1.29, 1.82) is 0 Å². The molecule has 5 aromatic rings. The number of nitrogens with one attached hydrogen (secondary N) is 1. The summed E-state index contributed by atoms with van der Waals surface area (Å²) in [4.78, 5) is 5.14. The van der Waals surface area contributed by atoms with Crippen molar-refractivity contribution in [2.45, 2.75) is 10.9 Å². The lowest BCUT2D eigenvalue weighted by molar-refractivity contribution is 0.834. The minimum Gasteiger partial charge on any atom is -0.307 e. The SMILES string of the molecule is Cn1c(CSc2nc(-c3ccccc3)c(-c3ccccc3)n2-c2ccccc2)n[nH]c1=S. The van der Waals surface area contributed by atoms with Crippen LogP contribution < -0.4 is 0 Å². The van der Waals surface area contributed by atoms with Gasteiger partial charge in [-0.05, 0) is 24.4 Å². The molecule has 5 rings (SSSR count). The molecule has 0 saturated carbocycles. The standard InChI is InChI=1S/C25H21N5S2/c1-29-21(27-28-24(29)31)17-32-25-26-22(18-11-5-2-6-12-18)23(19-13-7-3-8-14-19)30(25)20-15-9-4-10-16-20/h2-16H,17H2,1H3,(H,28,31). The van der Waals surface area contributed by atoms with E-state index in [-0.39, 0.29) is 0 Å². The van der Waals surface area contributed by atoms with Crippen molar-refractivity contribution in [3.8, 4) is 28.2 Å². The Morgan fingerprint density at radius 3 is 2.03 bits per heavy atom. The predicted molar refractivity (Wildman–Crippen MR) is 132 cm³/mol. The van der Waals surface area contributed by atoms with Gasteiger partial charge in [0.2, 0.25) is 0 Å². The fraction of sp³-hybridized carbons (Fsp3) is 0.0800. The van der Waals surface area contributed by atoms with E-state index in [0.717, 1.165) is 39.2 Å². The molecule has 0 radical (unpaired) electrons. The van der Waals surface area contributed by atoms with E-state index in [9.17, 15) is 0 Å². The number of thioether (sulfide) groups is 1. The molecule has 0 aliphatic rings. The van der Waals surface area contributed by atoms with Crippen molar-refractivity contribution in [3.63, 3.8) is 0 Å². The van der Waals surface area contributed by atoms with Crippen molar-refractivity contribution >= 4 is 24.0 Å². The number of hydrogen-bond acceptors (Lipinski definition) is 4. The quantitative estimate of drug-likeness (QED) is 0.241. The average Bonchev–Trinajstić information content (AvgIpc) is 3.39. The van der Waals surface area contributed by atoms with Crippen molar-refractivity contribution in [2.24, 2.45) is 7.05 Å². The van der Waals surface area contributed by atoms with Crippen LogP contribution in [0.15, 0.2) is 96.2 Å². The number of nitrogens with zero attached hydrogens (tertiary/aromatic N) is 4. The number of rotatable bonds is 6. The summed E-state index contributed by atoms with van der Waals surface area (Å²) in [5, 5.41) is 8.13. The Kier molecular flexibility index (Phi) is 5.75. The van der Waals surface area contributed by atoms with E-state index in [1.165, 1.54) is 0 Å². The van der Waals surface area contributed by atoms with Gasteiger partial charge in [-0.3, -0.25) is 9.67 Å². The zero-order chi connectivity index (χ0) is 21.9. The third-order valence-electron chi connectivity index (χ3n) is 5.26. The lowest BCUT2D eigenvalue weighted by atomic mass is 10.0. The van der Waals surface area contributed by atoms with Gasteiger partial charge < -0.3 is 4.57 Å². The average molecular weight is 456 g/mol. The van der Waals surface area contributed by atoms with Gasteiger partial charge in [0.05, 0.1) is 17.1 Å². The van der Waals surface area contributed by atoms with Gasteiger partial charge in [-0.2, -0.15) is 5.10 Å². The predicted octanol–water partition coefficient (Wildman–Crippen LogP) is 6.29. The van der Waals surface area contributed by atoms with E-state index in [2.05, 4.69) is 75.4 Å². The molecule has 2 heterocycles. The van der Waals surface area contributed by atoms with Crippen molar-refractivity contribution in [3.05, 3.63) is 102 Å². The molecule has 32 heavy (non-hydrogen) atoms. The number of imidazole rings is 1. The highest BCUT2D eigenvalue weighted by Gasteiger charge is 2.22. The second kappa shape index (κ2) is 8.98. The molecule has 0 fully saturated rings. The number of aromatic amines is 1. The maximum atomic E-state index is 5.27. The number of aromatic nitrogens is 5. The normalized spacial score (nSPS) is 11.0. The maximum Gasteiger partial charge on any atom is 0.194 e. The molecule has 0 spiro atoms. The fourth-order valence-electron chi connectivity index (χ4n) is 3.61. The molecule has 0 aliphatic carbocycles. The van der Waals surface area contributed by atoms with E-state index in [1.54, 1.807) is 11.8 Å². The van der Waals surface area contributed by atoms with Gasteiger partial charge in [0, 0.05) is 23.9 Å². The first-order chi connectivity index (χ1) is 15.7. The molecule has 0 bridgehead atoms. The van der Waals surface area contributed by atoms with Crippen LogP contribution in [-0.4, -0.2) is 24.3 Å². The van der Waals surface area contributed by atoms with Crippen LogP contribution in [0.5, 0.6) is 0 Å². The van der Waals surface area contributed by atoms with Crippen LogP contribution in [0, 0.1) is 4.77 Å². The molecule has 0 amide bonds. The molecule has 1 N–H and O–H groups in total. The summed E-state index contributed by atoms with van der Waals surface area (Å²) in [5.41, 5.74) is 5.30. The summed E-state index contributed by atoms with van der Waals surface area (Å²) < 4.78 is 4.75. The molecule has 7 heteroatoms. The van der Waals surface area contributed by atoms with E-state index >= 15 is 0 Å². The number of H-pyrrole nitrogens is 1. The largest absolute Gasteiger partial charge is 0.307 e. The zero-order valence-electron chi connectivity index (χ0n) is 17.5. The Bertz CT molecular complexity index is 1390. The second-order valence-corrected chi connectivity index (χ2v) is 8.62. The Labute approximate surface area is 195 Å². The first kappa shape index (κ1) is 20.5. The van der Waals surface area contributed by atoms with E-state index in [1.807, 2.05) is 41.9 Å². The van der Waals surface area contributed by atoms with Crippen molar-refractivity contribution < 1.29 is 0 Å². The van der Waals surface area contributed by atoms with Gasteiger partial charge in [0.15, 0.2) is 9.93 Å². The van der Waals surface area contributed by atoms with Crippen LogP contribution in [0.3, 0.4) is 0 Å².